The van der Waals surface area contributed by atoms with Crippen molar-refractivity contribution < 1.29 is 0 Å². The molecule has 0 fully saturated rings. The molecule has 0 saturated heterocycles. The van der Waals surface area contributed by atoms with Crippen LogP contribution in [0.1, 0.15) is 23.1 Å². The lowest BCUT2D eigenvalue weighted by Crippen LogP contribution is -2.19. The lowest BCUT2D eigenvalue weighted by atomic mass is 9.89. The van der Waals surface area contributed by atoms with Gasteiger partial charge < -0.3 is 5.73 Å². The molecule has 2 N–H and O–H groups in total. The average Bonchev–Trinajstić information content (AvgIpc) is 3.12. The Morgan fingerprint density at radius 1 is 1.05 bits per heavy atom. The van der Waals surface area contributed by atoms with Gasteiger partial charge in [0.2, 0.25) is 0 Å². The van der Waals surface area contributed by atoms with Crippen LogP contribution in [0.3, 0.4) is 0 Å². The SMILES string of the molecule is NC(c1cccc2ccsc12)C1CSc2ccccc21. The van der Waals surface area contributed by atoms with E-state index in [0.29, 0.717) is 5.92 Å². The molecule has 2 heterocycles. The molecule has 0 saturated carbocycles. The second-order valence-corrected chi connectivity index (χ2v) is 7.15. The van der Waals surface area contributed by atoms with E-state index in [2.05, 4.69) is 53.9 Å². The normalized spacial score (nSPS) is 19.1. The Hall–Kier alpha value is -1.29. The van der Waals surface area contributed by atoms with Gasteiger partial charge in [0.1, 0.15) is 0 Å². The van der Waals surface area contributed by atoms with E-state index >= 15 is 0 Å². The minimum atomic E-state index is 0.0773. The van der Waals surface area contributed by atoms with Crippen LogP contribution in [0.5, 0.6) is 0 Å². The van der Waals surface area contributed by atoms with Crippen LogP contribution in [0.4, 0.5) is 0 Å². The smallest absolute Gasteiger partial charge is 0.0390 e. The molecule has 0 aliphatic carbocycles. The molecule has 1 nitrogen and oxygen atoms in total. The molecule has 3 heteroatoms. The number of thiophene rings is 1. The van der Waals surface area contributed by atoms with Crippen molar-refractivity contribution in [2.45, 2.75) is 16.9 Å². The molecule has 0 amide bonds. The zero-order chi connectivity index (χ0) is 13.5. The van der Waals surface area contributed by atoms with Crippen LogP contribution in [-0.4, -0.2) is 5.75 Å². The lowest BCUT2D eigenvalue weighted by molar-refractivity contribution is 0.612. The Kier molecular flexibility index (Phi) is 3.06. The van der Waals surface area contributed by atoms with Crippen LogP contribution in [0, 0.1) is 0 Å². The second kappa shape index (κ2) is 4.92. The third-order valence-electron chi connectivity index (χ3n) is 4.04. The van der Waals surface area contributed by atoms with Crippen molar-refractivity contribution in [1.29, 1.82) is 0 Å². The van der Waals surface area contributed by atoms with Crippen molar-refractivity contribution in [3.63, 3.8) is 0 Å². The van der Waals surface area contributed by atoms with Crippen molar-refractivity contribution in [3.8, 4) is 0 Å². The summed E-state index contributed by atoms with van der Waals surface area (Å²) in [6.07, 6.45) is 0. The average molecular weight is 297 g/mol. The summed E-state index contributed by atoms with van der Waals surface area (Å²) in [5.74, 6) is 1.51. The van der Waals surface area contributed by atoms with Gasteiger partial charge in [0, 0.05) is 27.3 Å². The van der Waals surface area contributed by atoms with E-state index in [1.165, 1.54) is 26.1 Å². The van der Waals surface area contributed by atoms with E-state index in [0.717, 1.165) is 5.75 Å². The molecule has 20 heavy (non-hydrogen) atoms. The summed E-state index contributed by atoms with van der Waals surface area (Å²) >= 11 is 3.73. The van der Waals surface area contributed by atoms with Gasteiger partial charge in [-0.15, -0.1) is 23.1 Å². The van der Waals surface area contributed by atoms with Gasteiger partial charge in [0.05, 0.1) is 0 Å². The first kappa shape index (κ1) is 12.5. The number of hydrogen-bond donors (Lipinski definition) is 1. The Balaban J connectivity index is 1.78. The molecule has 4 rings (SSSR count). The van der Waals surface area contributed by atoms with E-state index in [1.807, 2.05) is 11.8 Å². The van der Waals surface area contributed by atoms with Gasteiger partial charge in [-0.05, 0) is 34.0 Å². The highest BCUT2D eigenvalue weighted by molar-refractivity contribution is 7.99. The molecule has 3 aromatic rings. The predicted molar refractivity (Wildman–Crippen MR) is 88.7 cm³/mol. The Morgan fingerprint density at radius 3 is 2.90 bits per heavy atom. The van der Waals surface area contributed by atoms with Gasteiger partial charge in [-0.3, -0.25) is 0 Å². The highest BCUT2D eigenvalue weighted by atomic mass is 32.2. The minimum Gasteiger partial charge on any atom is -0.323 e. The maximum Gasteiger partial charge on any atom is 0.0390 e. The molecule has 1 aliphatic rings. The summed E-state index contributed by atoms with van der Waals surface area (Å²) in [6.45, 7) is 0. The summed E-state index contributed by atoms with van der Waals surface area (Å²) in [5, 5.41) is 3.46. The summed E-state index contributed by atoms with van der Waals surface area (Å²) in [7, 11) is 0. The quantitative estimate of drug-likeness (QED) is 0.736. The molecular formula is C17H15NS2. The number of rotatable bonds is 2. The highest BCUT2D eigenvalue weighted by Gasteiger charge is 2.29. The topological polar surface area (TPSA) is 26.0 Å². The number of hydrogen-bond acceptors (Lipinski definition) is 3. The first-order valence-corrected chi connectivity index (χ1v) is 8.64. The van der Waals surface area contributed by atoms with E-state index in [-0.39, 0.29) is 6.04 Å². The fourth-order valence-electron chi connectivity index (χ4n) is 2.98. The van der Waals surface area contributed by atoms with E-state index in [9.17, 15) is 0 Å². The van der Waals surface area contributed by atoms with Crippen molar-refractivity contribution in [1.82, 2.24) is 0 Å². The monoisotopic (exact) mass is 297 g/mol. The van der Waals surface area contributed by atoms with E-state index < -0.39 is 0 Å². The third-order valence-corrected chi connectivity index (χ3v) is 6.23. The lowest BCUT2D eigenvalue weighted by Gasteiger charge is -2.20. The summed E-state index contributed by atoms with van der Waals surface area (Å²) in [5.41, 5.74) is 9.34. The van der Waals surface area contributed by atoms with Gasteiger partial charge in [0.25, 0.3) is 0 Å². The maximum absolute atomic E-state index is 6.63. The highest BCUT2D eigenvalue weighted by Crippen LogP contribution is 2.45. The van der Waals surface area contributed by atoms with Gasteiger partial charge >= 0.3 is 0 Å². The molecule has 2 atom stereocenters. The maximum atomic E-state index is 6.63. The first-order chi connectivity index (χ1) is 9.84. The molecule has 100 valence electrons. The van der Waals surface area contributed by atoms with E-state index in [4.69, 9.17) is 5.73 Å². The zero-order valence-electron chi connectivity index (χ0n) is 11.0. The summed E-state index contributed by atoms with van der Waals surface area (Å²) in [4.78, 5) is 1.39. The van der Waals surface area contributed by atoms with Crippen LogP contribution in [0.2, 0.25) is 0 Å². The molecule has 0 spiro atoms. The van der Waals surface area contributed by atoms with Crippen molar-refractivity contribution in [3.05, 3.63) is 65.0 Å². The fourth-order valence-corrected chi connectivity index (χ4v) is 5.25. The van der Waals surface area contributed by atoms with Gasteiger partial charge in [-0.25, -0.2) is 0 Å². The Labute approximate surface area is 126 Å². The van der Waals surface area contributed by atoms with Crippen LogP contribution in [-0.2, 0) is 0 Å². The fraction of sp³-hybridized carbons (Fsp3) is 0.176. The van der Waals surface area contributed by atoms with Crippen LogP contribution in [0.25, 0.3) is 10.1 Å². The van der Waals surface area contributed by atoms with Gasteiger partial charge in [-0.2, -0.15) is 0 Å². The number of fused-ring (bicyclic) bond motifs is 2. The largest absolute Gasteiger partial charge is 0.323 e. The Morgan fingerprint density at radius 2 is 1.95 bits per heavy atom. The van der Waals surface area contributed by atoms with E-state index in [1.54, 1.807) is 11.3 Å². The number of benzene rings is 2. The minimum absolute atomic E-state index is 0.0773. The van der Waals surface area contributed by atoms with Crippen molar-refractivity contribution in [2.24, 2.45) is 5.73 Å². The number of thioether (sulfide) groups is 1. The zero-order valence-corrected chi connectivity index (χ0v) is 12.6. The van der Waals surface area contributed by atoms with Gasteiger partial charge in [-0.1, -0.05) is 36.4 Å². The predicted octanol–water partition coefficient (Wildman–Crippen LogP) is 4.79. The molecule has 2 aromatic carbocycles. The number of nitrogens with two attached hydrogens (primary N) is 1. The van der Waals surface area contributed by atoms with Crippen LogP contribution in [0.15, 0.2) is 58.8 Å². The summed E-state index contributed by atoms with van der Waals surface area (Å²) < 4.78 is 1.34. The molecule has 0 bridgehead atoms. The Bertz CT molecular complexity index is 762. The standard InChI is InChI=1S/C17H15NS2/c18-16(13-6-3-4-11-8-9-19-17(11)13)14-10-20-15-7-2-1-5-12(14)15/h1-9,14,16H,10,18H2. The molecular weight excluding hydrogens is 282 g/mol. The first-order valence-electron chi connectivity index (χ1n) is 6.78. The molecule has 1 aromatic heterocycles. The van der Waals surface area contributed by atoms with Crippen LogP contribution < -0.4 is 5.73 Å². The molecule has 2 unspecified atom stereocenters. The third kappa shape index (κ3) is 1.89. The van der Waals surface area contributed by atoms with Crippen molar-refractivity contribution in [2.75, 3.05) is 5.75 Å². The summed E-state index contributed by atoms with van der Waals surface area (Å²) in [6, 6.07) is 17.4. The van der Waals surface area contributed by atoms with Gasteiger partial charge in [0.15, 0.2) is 0 Å². The molecule has 1 aliphatic heterocycles. The van der Waals surface area contributed by atoms with Crippen molar-refractivity contribution >= 4 is 33.2 Å². The van der Waals surface area contributed by atoms with Crippen LogP contribution >= 0.6 is 23.1 Å². The second-order valence-electron chi connectivity index (χ2n) is 5.17. The molecule has 0 radical (unpaired) electrons.